The van der Waals surface area contributed by atoms with E-state index in [1.165, 1.54) is 14.9 Å². The minimum atomic E-state index is 0.123. The Hall–Kier alpha value is -0.390. The van der Waals surface area contributed by atoms with Gasteiger partial charge in [0.1, 0.15) is 0 Å². The average molecular weight is 363 g/mol. The van der Waals surface area contributed by atoms with Crippen LogP contribution in [0.1, 0.15) is 15.2 Å². The lowest BCUT2D eigenvalue weighted by atomic mass is 10.1. The zero-order valence-electron chi connectivity index (χ0n) is 8.24. The maximum Gasteiger partial charge on any atom is 0.177 e. The molecule has 1 nitrogen and oxygen atoms in total. The van der Waals surface area contributed by atoms with Crippen LogP contribution in [0, 0.1) is 3.57 Å². The molecule has 0 saturated carbocycles. The van der Waals surface area contributed by atoms with Crippen LogP contribution in [-0.4, -0.2) is 5.78 Å². The summed E-state index contributed by atoms with van der Waals surface area (Å²) in [5, 5.41) is 0. The first-order chi connectivity index (χ1) is 7.65. The molecular formula is C12H8ClIOS. The molecule has 82 valence electrons. The summed E-state index contributed by atoms with van der Waals surface area (Å²) in [6.45, 7) is 0. The minimum absolute atomic E-state index is 0.123. The molecule has 16 heavy (non-hydrogen) atoms. The highest BCUT2D eigenvalue weighted by molar-refractivity contribution is 14.1. The number of rotatable bonds is 3. The molecular weight excluding hydrogens is 355 g/mol. The molecule has 2 rings (SSSR count). The van der Waals surface area contributed by atoms with Crippen molar-refractivity contribution in [2.24, 2.45) is 0 Å². The van der Waals surface area contributed by atoms with Gasteiger partial charge in [0, 0.05) is 9.99 Å². The van der Waals surface area contributed by atoms with E-state index in [0.29, 0.717) is 10.8 Å². The lowest BCUT2D eigenvalue weighted by Crippen LogP contribution is -2.00. The zero-order valence-corrected chi connectivity index (χ0v) is 12.0. The summed E-state index contributed by atoms with van der Waals surface area (Å²) in [7, 11) is 0. The van der Waals surface area contributed by atoms with E-state index in [0.717, 1.165) is 10.4 Å². The number of thiophene rings is 1. The number of hydrogen-bond acceptors (Lipinski definition) is 2. The Kier molecular flexibility index (Phi) is 4.00. The first kappa shape index (κ1) is 12.1. The normalized spacial score (nSPS) is 10.4. The summed E-state index contributed by atoms with van der Waals surface area (Å²) >= 11 is 9.37. The zero-order chi connectivity index (χ0) is 11.5. The van der Waals surface area contributed by atoms with Crippen molar-refractivity contribution in [3.05, 3.63) is 54.7 Å². The largest absolute Gasteiger partial charge is 0.293 e. The molecule has 0 aliphatic rings. The fourth-order valence-electron chi connectivity index (χ4n) is 1.34. The van der Waals surface area contributed by atoms with E-state index in [9.17, 15) is 4.79 Å². The smallest absolute Gasteiger partial charge is 0.177 e. The summed E-state index contributed by atoms with van der Waals surface area (Å²) in [5.41, 5.74) is 1.04. The molecule has 1 heterocycles. The van der Waals surface area contributed by atoms with E-state index in [-0.39, 0.29) is 5.78 Å². The van der Waals surface area contributed by atoms with Gasteiger partial charge in [-0.2, -0.15) is 0 Å². The van der Waals surface area contributed by atoms with E-state index in [2.05, 4.69) is 22.6 Å². The molecule has 0 atom stereocenters. The van der Waals surface area contributed by atoms with Gasteiger partial charge in [-0.3, -0.25) is 4.79 Å². The van der Waals surface area contributed by atoms with E-state index in [1.807, 2.05) is 24.3 Å². The Morgan fingerprint density at radius 1 is 1.19 bits per heavy atom. The molecule has 0 N–H and O–H groups in total. The number of Topliss-reactive ketones (excluding diaryl/α,β-unsaturated/α-hetero) is 1. The Labute approximate surface area is 117 Å². The quantitative estimate of drug-likeness (QED) is 0.583. The fourth-order valence-corrected chi connectivity index (χ4v) is 2.68. The second-order valence-electron chi connectivity index (χ2n) is 3.33. The Balaban J connectivity index is 2.10. The van der Waals surface area contributed by atoms with Gasteiger partial charge in [0.25, 0.3) is 0 Å². The van der Waals surface area contributed by atoms with E-state index in [1.54, 1.807) is 12.1 Å². The van der Waals surface area contributed by atoms with Gasteiger partial charge < -0.3 is 0 Å². The minimum Gasteiger partial charge on any atom is -0.293 e. The Morgan fingerprint density at radius 2 is 1.88 bits per heavy atom. The van der Waals surface area contributed by atoms with Crippen molar-refractivity contribution in [1.82, 2.24) is 0 Å². The van der Waals surface area contributed by atoms with Crippen LogP contribution >= 0.6 is 45.5 Å². The predicted octanol–water partition coefficient (Wildman–Crippen LogP) is 4.43. The SMILES string of the molecule is O=C(Cc1ccc(I)cc1)c1ccc(Cl)s1. The van der Waals surface area contributed by atoms with Gasteiger partial charge in [-0.1, -0.05) is 23.7 Å². The van der Waals surface area contributed by atoms with Crippen LogP contribution in [0.15, 0.2) is 36.4 Å². The second-order valence-corrected chi connectivity index (χ2v) is 6.29. The monoisotopic (exact) mass is 362 g/mol. The molecule has 0 aliphatic carbocycles. The first-order valence-electron chi connectivity index (χ1n) is 4.68. The molecule has 0 radical (unpaired) electrons. The van der Waals surface area contributed by atoms with E-state index in [4.69, 9.17) is 11.6 Å². The van der Waals surface area contributed by atoms with Gasteiger partial charge in [0.2, 0.25) is 0 Å². The van der Waals surface area contributed by atoms with Crippen molar-refractivity contribution >= 4 is 51.3 Å². The maximum atomic E-state index is 11.9. The maximum absolute atomic E-state index is 11.9. The molecule has 0 fully saturated rings. The summed E-state index contributed by atoms with van der Waals surface area (Å²) < 4.78 is 1.83. The van der Waals surface area contributed by atoms with Crippen molar-refractivity contribution in [2.75, 3.05) is 0 Å². The van der Waals surface area contributed by atoms with Gasteiger partial charge in [0.15, 0.2) is 5.78 Å². The van der Waals surface area contributed by atoms with Gasteiger partial charge in [-0.05, 0) is 52.4 Å². The number of carbonyl (C=O) groups excluding carboxylic acids is 1. The molecule has 0 bridgehead atoms. The third-order valence-electron chi connectivity index (χ3n) is 2.13. The first-order valence-corrected chi connectivity index (χ1v) is 6.95. The molecule has 1 aromatic carbocycles. The molecule has 2 aromatic rings. The van der Waals surface area contributed by atoms with Crippen molar-refractivity contribution in [2.45, 2.75) is 6.42 Å². The van der Waals surface area contributed by atoms with Crippen LogP contribution in [0.25, 0.3) is 0 Å². The predicted molar refractivity (Wildman–Crippen MR) is 76.5 cm³/mol. The summed E-state index contributed by atoms with van der Waals surface area (Å²) in [6, 6.07) is 11.5. The lowest BCUT2D eigenvalue weighted by molar-refractivity contribution is 0.0997. The van der Waals surface area contributed by atoms with E-state index >= 15 is 0 Å². The van der Waals surface area contributed by atoms with Crippen molar-refractivity contribution < 1.29 is 4.79 Å². The second kappa shape index (κ2) is 5.29. The summed E-state index contributed by atoms with van der Waals surface area (Å²) in [4.78, 5) is 12.6. The van der Waals surface area contributed by atoms with Crippen molar-refractivity contribution in [1.29, 1.82) is 0 Å². The Morgan fingerprint density at radius 3 is 2.44 bits per heavy atom. The molecule has 0 aliphatic heterocycles. The van der Waals surface area contributed by atoms with Gasteiger partial charge in [-0.25, -0.2) is 0 Å². The highest BCUT2D eigenvalue weighted by atomic mass is 127. The number of ketones is 1. The number of halogens is 2. The summed E-state index contributed by atoms with van der Waals surface area (Å²) in [6.07, 6.45) is 0.438. The standard InChI is InChI=1S/C12H8ClIOS/c13-12-6-5-11(16-12)10(15)7-8-1-3-9(14)4-2-8/h1-6H,7H2. The fraction of sp³-hybridized carbons (Fsp3) is 0.0833. The number of benzene rings is 1. The van der Waals surface area contributed by atoms with Crippen LogP contribution < -0.4 is 0 Å². The summed E-state index contributed by atoms with van der Waals surface area (Å²) in [5.74, 6) is 0.123. The highest BCUT2D eigenvalue weighted by Crippen LogP contribution is 2.22. The van der Waals surface area contributed by atoms with Crippen LogP contribution in [0.2, 0.25) is 4.34 Å². The van der Waals surface area contributed by atoms with Crippen LogP contribution in [-0.2, 0) is 6.42 Å². The number of carbonyl (C=O) groups is 1. The van der Waals surface area contributed by atoms with Crippen LogP contribution in [0.4, 0.5) is 0 Å². The third-order valence-corrected chi connectivity index (χ3v) is 4.12. The van der Waals surface area contributed by atoms with Gasteiger partial charge in [-0.15, -0.1) is 11.3 Å². The molecule has 0 spiro atoms. The topological polar surface area (TPSA) is 17.1 Å². The van der Waals surface area contributed by atoms with E-state index < -0.39 is 0 Å². The Bertz CT molecular complexity index is 504. The lowest BCUT2D eigenvalue weighted by Gasteiger charge is -1.99. The highest BCUT2D eigenvalue weighted by Gasteiger charge is 2.09. The molecule has 4 heteroatoms. The van der Waals surface area contributed by atoms with Crippen molar-refractivity contribution in [3.63, 3.8) is 0 Å². The number of hydrogen-bond donors (Lipinski definition) is 0. The van der Waals surface area contributed by atoms with Crippen LogP contribution in [0.5, 0.6) is 0 Å². The average Bonchev–Trinajstić information content (AvgIpc) is 2.68. The third kappa shape index (κ3) is 3.06. The molecule has 0 saturated heterocycles. The van der Waals surface area contributed by atoms with Gasteiger partial charge in [0.05, 0.1) is 9.21 Å². The molecule has 1 aromatic heterocycles. The van der Waals surface area contributed by atoms with Crippen LogP contribution in [0.3, 0.4) is 0 Å². The molecule has 0 unspecified atom stereocenters. The van der Waals surface area contributed by atoms with Crippen molar-refractivity contribution in [3.8, 4) is 0 Å². The molecule has 0 amide bonds. The van der Waals surface area contributed by atoms with Gasteiger partial charge >= 0.3 is 0 Å².